The minimum absolute atomic E-state index is 0.0993. The monoisotopic (exact) mass is 334 g/mol. The van der Waals surface area contributed by atoms with Crippen molar-refractivity contribution in [1.29, 1.82) is 0 Å². The van der Waals surface area contributed by atoms with Gasteiger partial charge in [0.25, 0.3) is 0 Å². The minimum atomic E-state index is -3.59. The Hall–Kier alpha value is -2.05. The Balaban J connectivity index is 2.11. The Kier molecular flexibility index (Phi) is 5.28. The quantitative estimate of drug-likeness (QED) is 0.795. The first-order valence-electron chi connectivity index (χ1n) is 7.42. The summed E-state index contributed by atoms with van der Waals surface area (Å²) in [6, 6.07) is 13.1. The molecule has 23 heavy (non-hydrogen) atoms. The third-order valence-corrected chi connectivity index (χ3v) is 4.83. The highest BCUT2D eigenvalue weighted by molar-refractivity contribution is 7.89. The van der Waals surface area contributed by atoms with E-state index in [1.54, 1.807) is 19.1 Å². The number of nitrogens with two attached hydrogens (primary N) is 1. The minimum Gasteiger partial charge on any atom is -0.491 e. The van der Waals surface area contributed by atoms with E-state index in [1.165, 1.54) is 12.1 Å². The van der Waals surface area contributed by atoms with Gasteiger partial charge in [0, 0.05) is 11.7 Å². The van der Waals surface area contributed by atoms with E-state index in [9.17, 15) is 8.42 Å². The summed E-state index contributed by atoms with van der Waals surface area (Å²) < 4.78 is 33.0. The number of nitrogen functional groups attached to an aromatic ring is 1. The van der Waals surface area contributed by atoms with E-state index >= 15 is 0 Å². The lowest BCUT2D eigenvalue weighted by atomic mass is 10.1. The van der Waals surface area contributed by atoms with Crippen LogP contribution < -0.4 is 15.2 Å². The van der Waals surface area contributed by atoms with Crippen LogP contribution in [0.15, 0.2) is 53.4 Å². The van der Waals surface area contributed by atoms with Crippen LogP contribution in [-0.4, -0.2) is 14.5 Å². The number of anilines is 1. The van der Waals surface area contributed by atoms with Gasteiger partial charge in [0.2, 0.25) is 10.0 Å². The van der Waals surface area contributed by atoms with Crippen LogP contribution in [-0.2, 0) is 10.0 Å². The molecule has 5 nitrogen and oxygen atoms in total. The number of hydrogen-bond acceptors (Lipinski definition) is 4. The van der Waals surface area contributed by atoms with E-state index in [2.05, 4.69) is 4.72 Å². The summed E-state index contributed by atoms with van der Waals surface area (Å²) in [7, 11) is -3.59. The van der Waals surface area contributed by atoms with E-state index in [4.69, 9.17) is 10.5 Å². The maximum absolute atomic E-state index is 12.4. The third kappa shape index (κ3) is 4.71. The van der Waals surface area contributed by atoms with Crippen LogP contribution in [0.4, 0.5) is 5.69 Å². The molecule has 2 aromatic rings. The van der Waals surface area contributed by atoms with Gasteiger partial charge in [-0.05, 0) is 62.7 Å². The molecule has 1 unspecified atom stereocenters. The molecule has 3 N–H and O–H groups in total. The largest absolute Gasteiger partial charge is 0.491 e. The third-order valence-electron chi connectivity index (χ3n) is 3.27. The van der Waals surface area contributed by atoms with Crippen LogP contribution >= 0.6 is 0 Å². The first kappa shape index (κ1) is 17.3. The zero-order valence-corrected chi connectivity index (χ0v) is 14.3. The summed E-state index contributed by atoms with van der Waals surface area (Å²) in [5.74, 6) is 0.761. The zero-order valence-electron chi connectivity index (χ0n) is 13.5. The molecular formula is C17H22N2O3S. The molecule has 0 aliphatic rings. The second-order valence-corrected chi connectivity index (χ2v) is 7.36. The van der Waals surface area contributed by atoms with Gasteiger partial charge >= 0.3 is 0 Å². The molecule has 0 heterocycles. The molecule has 0 aromatic heterocycles. The summed E-state index contributed by atoms with van der Waals surface area (Å²) in [5, 5.41) is 0. The molecule has 0 spiro atoms. The van der Waals surface area contributed by atoms with Gasteiger partial charge in [0.15, 0.2) is 0 Å². The maximum Gasteiger partial charge on any atom is 0.241 e. The van der Waals surface area contributed by atoms with Gasteiger partial charge in [-0.25, -0.2) is 13.1 Å². The Morgan fingerprint density at radius 1 is 0.957 bits per heavy atom. The van der Waals surface area contributed by atoms with Gasteiger partial charge in [-0.1, -0.05) is 12.1 Å². The van der Waals surface area contributed by atoms with Crippen LogP contribution in [0.3, 0.4) is 0 Å². The van der Waals surface area contributed by atoms with E-state index in [0.717, 1.165) is 11.3 Å². The molecule has 0 radical (unpaired) electrons. The highest BCUT2D eigenvalue weighted by Crippen LogP contribution is 2.21. The Labute approximate surface area is 137 Å². The smallest absolute Gasteiger partial charge is 0.241 e. The Morgan fingerprint density at radius 3 is 2.04 bits per heavy atom. The number of benzene rings is 2. The van der Waals surface area contributed by atoms with Crippen LogP contribution in [0.1, 0.15) is 32.4 Å². The Morgan fingerprint density at radius 2 is 1.52 bits per heavy atom. The fourth-order valence-electron chi connectivity index (χ4n) is 2.12. The standard InChI is InChI=1S/C17H22N2O3S/c1-12(2)22-16-8-4-14(5-9-16)13(3)19-23(20,21)17-10-6-15(18)7-11-17/h4-13,19H,18H2,1-3H3. The highest BCUT2D eigenvalue weighted by atomic mass is 32.2. The van der Waals surface area contributed by atoms with Crippen LogP contribution in [0.5, 0.6) is 5.75 Å². The van der Waals surface area contributed by atoms with Gasteiger partial charge in [-0.3, -0.25) is 0 Å². The van der Waals surface area contributed by atoms with E-state index in [0.29, 0.717) is 5.69 Å². The second-order valence-electron chi connectivity index (χ2n) is 5.65. The first-order chi connectivity index (χ1) is 10.8. The van der Waals surface area contributed by atoms with Gasteiger partial charge < -0.3 is 10.5 Å². The van der Waals surface area contributed by atoms with Crippen molar-refractivity contribution < 1.29 is 13.2 Å². The van der Waals surface area contributed by atoms with Gasteiger partial charge in [0.05, 0.1) is 11.0 Å². The average Bonchev–Trinajstić information content (AvgIpc) is 2.47. The second kappa shape index (κ2) is 7.02. The summed E-state index contributed by atoms with van der Waals surface area (Å²) in [4.78, 5) is 0.193. The van der Waals surface area contributed by atoms with Crippen molar-refractivity contribution >= 4 is 15.7 Å². The van der Waals surface area contributed by atoms with Crippen molar-refractivity contribution in [2.45, 2.75) is 37.8 Å². The molecule has 0 amide bonds. The summed E-state index contributed by atoms with van der Waals surface area (Å²) in [5.41, 5.74) is 6.97. The van der Waals surface area contributed by atoms with Crippen molar-refractivity contribution in [1.82, 2.24) is 4.72 Å². The van der Waals surface area contributed by atoms with E-state index in [-0.39, 0.29) is 17.0 Å². The van der Waals surface area contributed by atoms with E-state index < -0.39 is 10.0 Å². The predicted octanol–water partition coefficient (Wildman–Crippen LogP) is 3.10. The average molecular weight is 334 g/mol. The van der Waals surface area contributed by atoms with Crippen molar-refractivity contribution in [3.8, 4) is 5.75 Å². The number of ether oxygens (including phenoxy) is 1. The van der Waals surface area contributed by atoms with Crippen molar-refractivity contribution in [3.05, 3.63) is 54.1 Å². The van der Waals surface area contributed by atoms with Crippen molar-refractivity contribution in [2.75, 3.05) is 5.73 Å². The lowest BCUT2D eigenvalue weighted by Crippen LogP contribution is -2.26. The molecule has 0 aliphatic carbocycles. The molecule has 0 aliphatic heterocycles. The lowest BCUT2D eigenvalue weighted by Gasteiger charge is -2.16. The molecule has 0 saturated carbocycles. The molecular weight excluding hydrogens is 312 g/mol. The SMILES string of the molecule is CC(C)Oc1ccc(C(C)NS(=O)(=O)c2ccc(N)cc2)cc1. The van der Waals surface area contributed by atoms with Crippen molar-refractivity contribution in [3.63, 3.8) is 0 Å². The van der Waals surface area contributed by atoms with Crippen LogP contribution in [0.25, 0.3) is 0 Å². The van der Waals surface area contributed by atoms with Crippen LogP contribution in [0.2, 0.25) is 0 Å². The highest BCUT2D eigenvalue weighted by Gasteiger charge is 2.18. The number of nitrogens with one attached hydrogen (secondary N) is 1. The molecule has 124 valence electrons. The van der Waals surface area contributed by atoms with Crippen molar-refractivity contribution in [2.24, 2.45) is 0 Å². The molecule has 1 atom stereocenters. The molecule has 6 heteroatoms. The maximum atomic E-state index is 12.4. The Bertz CT molecular complexity index is 738. The summed E-state index contributed by atoms with van der Waals surface area (Å²) in [6.07, 6.45) is 0.0993. The van der Waals surface area contributed by atoms with Gasteiger partial charge in [0.1, 0.15) is 5.75 Å². The normalized spacial score (nSPS) is 13.0. The molecule has 2 rings (SSSR count). The molecule has 0 bridgehead atoms. The molecule has 2 aromatic carbocycles. The predicted molar refractivity (Wildman–Crippen MR) is 91.8 cm³/mol. The molecule has 0 saturated heterocycles. The summed E-state index contributed by atoms with van der Waals surface area (Å²) >= 11 is 0. The number of rotatable bonds is 6. The number of sulfonamides is 1. The number of hydrogen-bond donors (Lipinski definition) is 2. The fourth-order valence-corrected chi connectivity index (χ4v) is 3.36. The van der Waals surface area contributed by atoms with Crippen LogP contribution in [0, 0.1) is 0 Å². The fraction of sp³-hybridized carbons (Fsp3) is 0.294. The van der Waals surface area contributed by atoms with E-state index in [1.807, 2.05) is 38.1 Å². The van der Waals surface area contributed by atoms with Gasteiger partial charge in [-0.2, -0.15) is 0 Å². The molecule has 0 fully saturated rings. The topological polar surface area (TPSA) is 81.4 Å². The summed E-state index contributed by atoms with van der Waals surface area (Å²) in [6.45, 7) is 5.71. The zero-order chi connectivity index (χ0) is 17.0. The lowest BCUT2D eigenvalue weighted by molar-refractivity contribution is 0.242. The first-order valence-corrected chi connectivity index (χ1v) is 8.91. The van der Waals surface area contributed by atoms with Gasteiger partial charge in [-0.15, -0.1) is 0 Å².